The minimum atomic E-state index is -0.861. The normalized spacial score (nSPS) is 11.1. The maximum atomic E-state index is 12.0. The van der Waals surface area contributed by atoms with Crippen LogP contribution in [0.4, 0.5) is 0 Å². The van der Waals surface area contributed by atoms with Crippen molar-refractivity contribution in [1.82, 2.24) is 5.32 Å². The lowest BCUT2D eigenvalue weighted by Crippen LogP contribution is -2.43. The Bertz CT molecular complexity index is 457. The molecule has 0 heterocycles. The Morgan fingerprint density at radius 2 is 2.06 bits per heavy atom. The summed E-state index contributed by atoms with van der Waals surface area (Å²) in [5, 5.41) is 11.5. The number of benzene rings is 1. The molecule has 0 aliphatic carbocycles. The lowest BCUT2D eigenvalue weighted by Gasteiger charge is -2.25. The van der Waals surface area contributed by atoms with Gasteiger partial charge >= 0.3 is 5.97 Å². The fourth-order valence-electron chi connectivity index (χ4n) is 1.49. The maximum Gasteiger partial charge on any atom is 0.303 e. The third-order valence-corrected chi connectivity index (χ3v) is 3.00. The van der Waals surface area contributed by atoms with Crippen molar-refractivity contribution in [3.63, 3.8) is 0 Å². The Morgan fingerprint density at radius 1 is 1.39 bits per heavy atom. The molecule has 0 fully saturated rings. The smallest absolute Gasteiger partial charge is 0.303 e. The molecule has 0 bridgehead atoms. The van der Waals surface area contributed by atoms with Gasteiger partial charge in [-0.05, 0) is 38.5 Å². The molecule has 0 radical (unpaired) electrons. The molecule has 0 saturated carbocycles. The Morgan fingerprint density at radius 3 is 2.61 bits per heavy atom. The number of rotatable bonds is 5. The molecule has 18 heavy (non-hydrogen) atoms. The van der Waals surface area contributed by atoms with E-state index in [1.54, 1.807) is 18.2 Å². The second-order valence-electron chi connectivity index (χ2n) is 4.74. The molecule has 0 atom stereocenters. The van der Waals surface area contributed by atoms with Gasteiger partial charge in [-0.25, -0.2) is 0 Å². The quantitative estimate of drug-likeness (QED) is 0.878. The topological polar surface area (TPSA) is 66.4 Å². The average Bonchev–Trinajstić information content (AvgIpc) is 2.26. The van der Waals surface area contributed by atoms with Gasteiger partial charge in [0.2, 0.25) is 0 Å². The van der Waals surface area contributed by atoms with Crippen LogP contribution in [0.2, 0.25) is 0 Å². The van der Waals surface area contributed by atoms with Crippen molar-refractivity contribution < 1.29 is 14.7 Å². The lowest BCUT2D eigenvalue weighted by molar-refractivity contribution is -0.137. The first-order chi connectivity index (χ1) is 8.30. The van der Waals surface area contributed by atoms with Crippen LogP contribution < -0.4 is 5.32 Å². The molecule has 4 nitrogen and oxygen atoms in total. The van der Waals surface area contributed by atoms with Crippen LogP contribution in [0, 0.1) is 0 Å². The molecular weight excluding hydrogens is 298 g/mol. The summed E-state index contributed by atoms with van der Waals surface area (Å²) < 4.78 is 0.832. The molecule has 0 aliphatic heterocycles. The fraction of sp³-hybridized carbons (Fsp3) is 0.385. The van der Waals surface area contributed by atoms with Crippen molar-refractivity contribution >= 4 is 27.8 Å². The van der Waals surface area contributed by atoms with Gasteiger partial charge in [-0.2, -0.15) is 0 Å². The van der Waals surface area contributed by atoms with Gasteiger partial charge < -0.3 is 10.4 Å². The first kappa shape index (κ1) is 14.7. The molecule has 1 rings (SSSR count). The Labute approximate surface area is 115 Å². The predicted molar refractivity (Wildman–Crippen MR) is 72.6 cm³/mol. The van der Waals surface area contributed by atoms with E-state index < -0.39 is 11.5 Å². The van der Waals surface area contributed by atoms with E-state index in [1.807, 2.05) is 19.9 Å². The summed E-state index contributed by atoms with van der Waals surface area (Å²) in [6.07, 6.45) is 0.424. The van der Waals surface area contributed by atoms with Gasteiger partial charge in [0.15, 0.2) is 0 Å². The molecule has 1 aromatic carbocycles. The second kappa shape index (κ2) is 6.00. The van der Waals surface area contributed by atoms with E-state index in [2.05, 4.69) is 21.2 Å². The number of carboxylic acid groups (broad SMARTS) is 1. The summed E-state index contributed by atoms with van der Waals surface area (Å²) in [5.74, 6) is -1.06. The van der Waals surface area contributed by atoms with Crippen LogP contribution in [0.3, 0.4) is 0 Å². The van der Waals surface area contributed by atoms with Crippen molar-refractivity contribution in [2.45, 2.75) is 32.2 Å². The SMILES string of the molecule is CC(C)(CCC(=O)O)NC(=O)c1cccc(Br)c1. The van der Waals surface area contributed by atoms with Crippen LogP contribution in [-0.4, -0.2) is 22.5 Å². The van der Waals surface area contributed by atoms with Gasteiger partial charge in [0.25, 0.3) is 5.91 Å². The number of hydrogen-bond acceptors (Lipinski definition) is 2. The highest BCUT2D eigenvalue weighted by Crippen LogP contribution is 2.15. The molecule has 98 valence electrons. The number of carbonyl (C=O) groups excluding carboxylic acids is 1. The molecule has 0 aromatic heterocycles. The van der Waals surface area contributed by atoms with E-state index in [4.69, 9.17) is 5.11 Å². The second-order valence-corrected chi connectivity index (χ2v) is 5.66. The zero-order chi connectivity index (χ0) is 13.8. The number of hydrogen-bond donors (Lipinski definition) is 2. The number of aliphatic carboxylic acids is 1. The third-order valence-electron chi connectivity index (χ3n) is 2.50. The van der Waals surface area contributed by atoms with Crippen LogP contribution in [-0.2, 0) is 4.79 Å². The van der Waals surface area contributed by atoms with Crippen LogP contribution in [0.25, 0.3) is 0 Å². The van der Waals surface area contributed by atoms with Gasteiger partial charge in [0, 0.05) is 22.0 Å². The van der Waals surface area contributed by atoms with E-state index in [0.717, 1.165) is 4.47 Å². The van der Waals surface area contributed by atoms with E-state index >= 15 is 0 Å². The van der Waals surface area contributed by atoms with Crippen LogP contribution in [0.15, 0.2) is 28.7 Å². The zero-order valence-electron chi connectivity index (χ0n) is 10.4. The number of carbonyl (C=O) groups is 2. The minimum Gasteiger partial charge on any atom is -0.481 e. The van der Waals surface area contributed by atoms with E-state index in [9.17, 15) is 9.59 Å². The van der Waals surface area contributed by atoms with Crippen LogP contribution in [0.1, 0.15) is 37.0 Å². The summed E-state index contributed by atoms with van der Waals surface area (Å²) in [4.78, 5) is 22.5. The van der Waals surface area contributed by atoms with Gasteiger partial charge in [-0.3, -0.25) is 9.59 Å². The maximum absolute atomic E-state index is 12.0. The van der Waals surface area contributed by atoms with Crippen molar-refractivity contribution in [2.24, 2.45) is 0 Å². The molecular formula is C13H16BrNO3. The highest BCUT2D eigenvalue weighted by Gasteiger charge is 2.22. The van der Waals surface area contributed by atoms with Gasteiger partial charge in [0.1, 0.15) is 0 Å². The summed E-state index contributed by atoms with van der Waals surface area (Å²) >= 11 is 3.30. The van der Waals surface area contributed by atoms with Gasteiger partial charge in [-0.15, -0.1) is 0 Å². The van der Waals surface area contributed by atoms with Crippen molar-refractivity contribution in [2.75, 3.05) is 0 Å². The first-order valence-electron chi connectivity index (χ1n) is 5.60. The molecule has 5 heteroatoms. The highest BCUT2D eigenvalue weighted by molar-refractivity contribution is 9.10. The summed E-state index contributed by atoms with van der Waals surface area (Å²) in [6, 6.07) is 7.06. The van der Waals surface area contributed by atoms with Crippen molar-refractivity contribution in [3.05, 3.63) is 34.3 Å². The van der Waals surface area contributed by atoms with Crippen molar-refractivity contribution in [1.29, 1.82) is 0 Å². The monoisotopic (exact) mass is 313 g/mol. The number of halogens is 1. The predicted octanol–water partition coefficient (Wildman–Crippen LogP) is 2.82. The van der Waals surface area contributed by atoms with Gasteiger partial charge in [-0.1, -0.05) is 22.0 Å². The van der Waals surface area contributed by atoms with Gasteiger partial charge in [0.05, 0.1) is 0 Å². The van der Waals surface area contributed by atoms with E-state index in [0.29, 0.717) is 12.0 Å². The first-order valence-corrected chi connectivity index (χ1v) is 6.39. The van der Waals surface area contributed by atoms with Crippen LogP contribution in [0.5, 0.6) is 0 Å². The molecule has 0 unspecified atom stereocenters. The van der Waals surface area contributed by atoms with E-state index in [-0.39, 0.29) is 12.3 Å². The molecule has 0 saturated heterocycles. The van der Waals surface area contributed by atoms with Crippen molar-refractivity contribution in [3.8, 4) is 0 Å². The fourth-order valence-corrected chi connectivity index (χ4v) is 1.89. The highest BCUT2D eigenvalue weighted by atomic mass is 79.9. The summed E-state index contributed by atoms with van der Waals surface area (Å²) in [5.41, 5.74) is 0.00501. The number of nitrogens with one attached hydrogen (secondary N) is 1. The molecule has 1 aromatic rings. The van der Waals surface area contributed by atoms with Crippen LogP contribution >= 0.6 is 15.9 Å². The zero-order valence-corrected chi connectivity index (χ0v) is 12.0. The Balaban J connectivity index is 2.66. The summed E-state index contributed by atoms with van der Waals surface area (Å²) in [7, 11) is 0. The van der Waals surface area contributed by atoms with E-state index in [1.165, 1.54) is 0 Å². The molecule has 0 spiro atoms. The Kier molecular flexibility index (Phi) is 4.90. The number of carboxylic acids is 1. The lowest BCUT2D eigenvalue weighted by atomic mass is 9.98. The largest absolute Gasteiger partial charge is 0.481 e. The summed E-state index contributed by atoms with van der Waals surface area (Å²) in [6.45, 7) is 3.62. The standard InChI is InChI=1S/C13H16BrNO3/c1-13(2,7-6-11(16)17)15-12(18)9-4-3-5-10(14)8-9/h3-5,8H,6-7H2,1-2H3,(H,15,18)(H,16,17). The minimum absolute atomic E-state index is 0.0335. The Hall–Kier alpha value is -1.36. The molecule has 0 aliphatic rings. The number of amides is 1. The molecule has 1 amide bonds. The molecule has 2 N–H and O–H groups in total. The average molecular weight is 314 g/mol. The third kappa shape index (κ3) is 4.87.